The lowest BCUT2D eigenvalue weighted by Crippen LogP contribution is -2.36. The molecule has 2 aromatic rings. The molecule has 5 N–H and O–H groups in total. The van der Waals surface area contributed by atoms with Crippen molar-refractivity contribution < 1.29 is 9.59 Å². The fourth-order valence-corrected chi connectivity index (χ4v) is 4.25. The summed E-state index contributed by atoms with van der Waals surface area (Å²) < 4.78 is 1.39. The van der Waals surface area contributed by atoms with Gasteiger partial charge in [-0.25, -0.2) is 0 Å². The van der Waals surface area contributed by atoms with Crippen LogP contribution in [0.3, 0.4) is 0 Å². The number of benzene rings is 1. The second-order valence-electron chi connectivity index (χ2n) is 8.08. The molecule has 0 aliphatic heterocycles. The molecule has 0 bridgehead atoms. The Morgan fingerprint density at radius 3 is 2.40 bits per heavy atom. The van der Waals surface area contributed by atoms with E-state index in [4.69, 9.17) is 11.5 Å². The molecule has 0 unspecified atom stereocenters. The minimum atomic E-state index is -0.636. The Labute approximate surface area is 176 Å². The van der Waals surface area contributed by atoms with Crippen molar-refractivity contribution in [2.75, 3.05) is 7.05 Å². The molecule has 1 heterocycles. The summed E-state index contributed by atoms with van der Waals surface area (Å²) in [6.45, 7) is 0.255. The van der Waals surface area contributed by atoms with Crippen LogP contribution in [-0.2, 0) is 13.0 Å². The van der Waals surface area contributed by atoms with Gasteiger partial charge in [0.1, 0.15) is 5.56 Å². The molecule has 3 rings (SSSR count). The van der Waals surface area contributed by atoms with Crippen LogP contribution in [0.15, 0.2) is 41.3 Å². The van der Waals surface area contributed by atoms with Crippen LogP contribution in [-0.4, -0.2) is 29.5 Å². The summed E-state index contributed by atoms with van der Waals surface area (Å²) >= 11 is 0. The molecule has 1 saturated carbocycles. The van der Waals surface area contributed by atoms with E-state index in [1.54, 1.807) is 0 Å². The van der Waals surface area contributed by atoms with E-state index in [2.05, 4.69) is 5.32 Å². The zero-order chi connectivity index (χ0) is 21.7. The van der Waals surface area contributed by atoms with Gasteiger partial charge in [-0.3, -0.25) is 14.4 Å². The number of primary amides is 1. The summed E-state index contributed by atoms with van der Waals surface area (Å²) in [6, 6.07) is 9.66. The predicted octanol–water partition coefficient (Wildman–Crippen LogP) is 1.81. The standard InChI is InChI=1S/C23H30N4O3/c1-26-22(29)20-18(12-9-15-7-10-17(24)11-8-15)19(21(25)28)14-27(23(20)30)13-16-5-3-2-4-6-16/h2-6,14-15,17H,7-13,24H2,1H3,(H2,25,28)(H,26,29). The molecule has 1 aromatic carbocycles. The summed E-state index contributed by atoms with van der Waals surface area (Å²) in [5.41, 5.74) is 12.8. The van der Waals surface area contributed by atoms with Crippen LogP contribution >= 0.6 is 0 Å². The summed E-state index contributed by atoms with van der Waals surface area (Å²) in [4.78, 5) is 38.1. The maximum atomic E-state index is 13.2. The van der Waals surface area contributed by atoms with Crippen LogP contribution in [0.1, 0.15) is 63.9 Å². The van der Waals surface area contributed by atoms with Crippen LogP contribution in [0, 0.1) is 5.92 Å². The highest BCUT2D eigenvalue weighted by Crippen LogP contribution is 2.28. The lowest BCUT2D eigenvalue weighted by molar-refractivity contribution is 0.0959. The molecule has 30 heavy (non-hydrogen) atoms. The van der Waals surface area contributed by atoms with E-state index in [9.17, 15) is 14.4 Å². The smallest absolute Gasteiger partial charge is 0.264 e. The zero-order valence-corrected chi connectivity index (χ0v) is 17.4. The number of nitrogens with two attached hydrogens (primary N) is 2. The minimum absolute atomic E-state index is 0.0113. The molecule has 0 atom stereocenters. The normalized spacial score (nSPS) is 18.7. The highest BCUT2D eigenvalue weighted by atomic mass is 16.2. The van der Waals surface area contributed by atoms with Gasteiger partial charge in [0.15, 0.2) is 0 Å². The Morgan fingerprint density at radius 2 is 1.80 bits per heavy atom. The highest BCUT2D eigenvalue weighted by Gasteiger charge is 2.25. The Morgan fingerprint density at radius 1 is 1.13 bits per heavy atom. The lowest BCUT2D eigenvalue weighted by Gasteiger charge is -2.26. The molecule has 160 valence electrons. The first kappa shape index (κ1) is 21.8. The van der Waals surface area contributed by atoms with Crippen molar-refractivity contribution in [3.8, 4) is 0 Å². The van der Waals surface area contributed by atoms with E-state index in [1.807, 2.05) is 30.3 Å². The summed E-state index contributed by atoms with van der Waals surface area (Å²) in [6.07, 6.45) is 6.75. The van der Waals surface area contributed by atoms with Crippen molar-refractivity contribution in [2.45, 2.75) is 51.1 Å². The van der Waals surface area contributed by atoms with Gasteiger partial charge in [-0.05, 0) is 55.6 Å². The summed E-state index contributed by atoms with van der Waals surface area (Å²) in [7, 11) is 1.48. The molecule has 0 spiro atoms. The van der Waals surface area contributed by atoms with Gasteiger partial charge >= 0.3 is 0 Å². The van der Waals surface area contributed by atoms with Gasteiger partial charge in [0.2, 0.25) is 5.91 Å². The fourth-order valence-electron chi connectivity index (χ4n) is 4.25. The first-order valence-electron chi connectivity index (χ1n) is 10.5. The first-order chi connectivity index (χ1) is 14.4. The van der Waals surface area contributed by atoms with Crippen molar-refractivity contribution in [2.24, 2.45) is 17.4 Å². The van der Waals surface area contributed by atoms with Crippen LogP contribution in [0.2, 0.25) is 0 Å². The third kappa shape index (κ3) is 4.97. The van der Waals surface area contributed by atoms with Crippen molar-refractivity contribution in [1.29, 1.82) is 0 Å². The zero-order valence-electron chi connectivity index (χ0n) is 17.4. The number of carbonyl (C=O) groups excluding carboxylic acids is 2. The minimum Gasteiger partial charge on any atom is -0.366 e. The van der Waals surface area contributed by atoms with E-state index in [-0.39, 0.29) is 23.7 Å². The molecular formula is C23H30N4O3. The fraction of sp³-hybridized carbons (Fsp3) is 0.435. The van der Waals surface area contributed by atoms with Crippen molar-refractivity contribution in [3.05, 3.63) is 69.1 Å². The molecule has 7 nitrogen and oxygen atoms in total. The van der Waals surface area contributed by atoms with E-state index < -0.39 is 17.4 Å². The highest BCUT2D eigenvalue weighted by molar-refractivity contribution is 6.01. The van der Waals surface area contributed by atoms with E-state index in [1.165, 1.54) is 17.8 Å². The number of carbonyl (C=O) groups is 2. The van der Waals surface area contributed by atoms with Gasteiger partial charge < -0.3 is 21.4 Å². The topological polar surface area (TPSA) is 120 Å². The molecule has 7 heteroatoms. The number of rotatable bonds is 7. The molecule has 0 saturated heterocycles. The Kier molecular flexibility index (Phi) is 7.05. The number of nitrogens with one attached hydrogen (secondary N) is 1. The van der Waals surface area contributed by atoms with Gasteiger partial charge in [0, 0.05) is 19.3 Å². The lowest BCUT2D eigenvalue weighted by atomic mass is 9.82. The number of amides is 2. The summed E-state index contributed by atoms with van der Waals surface area (Å²) in [5.74, 6) is -0.664. The predicted molar refractivity (Wildman–Crippen MR) is 116 cm³/mol. The molecule has 0 radical (unpaired) electrons. The molecule has 1 fully saturated rings. The van der Waals surface area contributed by atoms with Crippen molar-refractivity contribution in [1.82, 2.24) is 9.88 Å². The second kappa shape index (κ2) is 9.71. The molecule has 1 aliphatic carbocycles. The number of nitrogens with zero attached hydrogens (tertiary/aromatic N) is 1. The first-order valence-corrected chi connectivity index (χ1v) is 10.5. The average molecular weight is 411 g/mol. The van der Waals surface area contributed by atoms with Crippen LogP contribution in [0.25, 0.3) is 0 Å². The molecular weight excluding hydrogens is 380 g/mol. The van der Waals surface area contributed by atoms with Gasteiger partial charge in [-0.2, -0.15) is 0 Å². The van der Waals surface area contributed by atoms with Crippen LogP contribution < -0.4 is 22.3 Å². The monoisotopic (exact) mass is 410 g/mol. The molecule has 1 aromatic heterocycles. The third-order valence-corrected chi connectivity index (χ3v) is 6.00. The summed E-state index contributed by atoms with van der Waals surface area (Å²) in [5, 5.41) is 2.54. The Bertz CT molecular complexity index is 960. The Balaban J connectivity index is 1.99. The number of aromatic nitrogens is 1. The average Bonchev–Trinajstić information content (AvgIpc) is 2.75. The number of pyridine rings is 1. The van der Waals surface area contributed by atoms with Gasteiger partial charge in [-0.1, -0.05) is 30.3 Å². The van der Waals surface area contributed by atoms with Crippen molar-refractivity contribution >= 4 is 11.8 Å². The van der Waals surface area contributed by atoms with E-state index >= 15 is 0 Å². The maximum Gasteiger partial charge on any atom is 0.264 e. The van der Waals surface area contributed by atoms with Gasteiger partial charge in [0.05, 0.1) is 12.1 Å². The van der Waals surface area contributed by atoms with E-state index in [0.717, 1.165) is 37.7 Å². The van der Waals surface area contributed by atoms with Crippen LogP contribution in [0.4, 0.5) is 0 Å². The quantitative estimate of drug-likeness (QED) is 0.644. The second-order valence-corrected chi connectivity index (χ2v) is 8.08. The Hall–Kier alpha value is -2.93. The number of hydrogen-bond acceptors (Lipinski definition) is 4. The SMILES string of the molecule is CNC(=O)c1c(CCC2CCC(N)CC2)c(C(N)=O)cn(Cc2ccccc2)c1=O. The van der Waals surface area contributed by atoms with E-state index in [0.29, 0.717) is 17.9 Å². The molecule has 1 aliphatic rings. The largest absolute Gasteiger partial charge is 0.366 e. The third-order valence-electron chi connectivity index (χ3n) is 6.00. The molecule has 2 amide bonds. The number of hydrogen-bond donors (Lipinski definition) is 3. The van der Waals surface area contributed by atoms with Gasteiger partial charge in [-0.15, -0.1) is 0 Å². The van der Waals surface area contributed by atoms with Crippen molar-refractivity contribution in [3.63, 3.8) is 0 Å². The maximum absolute atomic E-state index is 13.2. The van der Waals surface area contributed by atoms with Crippen LogP contribution in [0.5, 0.6) is 0 Å². The van der Waals surface area contributed by atoms with Gasteiger partial charge in [0.25, 0.3) is 11.5 Å².